The molecule has 1 aromatic carbocycles. The summed E-state index contributed by atoms with van der Waals surface area (Å²) in [6.45, 7) is 2.03. The summed E-state index contributed by atoms with van der Waals surface area (Å²) in [6.07, 6.45) is 5.11. The molecule has 2 N–H and O–H groups in total. The van der Waals surface area contributed by atoms with Crippen LogP contribution in [0.4, 0.5) is 0 Å². The summed E-state index contributed by atoms with van der Waals surface area (Å²) in [7, 11) is -3.47. The van der Waals surface area contributed by atoms with Gasteiger partial charge in [-0.2, -0.15) is 0 Å². The molecule has 1 amide bonds. The van der Waals surface area contributed by atoms with Crippen molar-refractivity contribution in [3.05, 3.63) is 29.8 Å². The fourth-order valence-electron chi connectivity index (χ4n) is 2.29. The summed E-state index contributed by atoms with van der Waals surface area (Å²) in [4.78, 5) is 12.2. The average Bonchev–Trinajstić information content (AvgIpc) is 3.46. The molecule has 7 heteroatoms. The molecule has 3 rings (SSSR count). The molecular formula is C17H24N2O4S. The average molecular weight is 352 g/mol. The summed E-state index contributed by atoms with van der Waals surface area (Å²) < 4.78 is 32.3. The summed E-state index contributed by atoms with van der Waals surface area (Å²) in [5.41, 5.74) is 0.458. The first kappa shape index (κ1) is 17.4. The van der Waals surface area contributed by atoms with Crippen molar-refractivity contribution in [2.45, 2.75) is 43.0 Å². The standard InChI is InChI=1S/C17H24N2O4S/c20-17(18-10-1-11-23-12-13-2-3-13)14-4-8-16(9-5-14)24(21,22)19-15-6-7-15/h4-5,8-9,13,15,19H,1-3,6-7,10-12H2,(H,18,20). The Kier molecular flexibility index (Phi) is 5.53. The highest BCUT2D eigenvalue weighted by atomic mass is 32.2. The lowest BCUT2D eigenvalue weighted by Crippen LogP contribution is -2.27. The van der Waals surface area contributed by atoms with Gasteiger partial charge in [0.25, 0.3) is 5.91 Å². The molecule has 0 spiro atoms. The maximum atomic E-state index is 12.1. The smallest absolute Gasteiger partial charge is 0.251 e. The summed E-state index contributed by atoms with van der Waals surface area (Å²) in [5.74, 6) is 0.556. The van der Waals surface area contributed by atoms with Crippen LogP contribution in [0.15, 0.2) is 29.2 Å². The second-order valence-corrected chi connectivity index (χ2v) is 8.26. The lowest BCUT2D eigenvalue weighted by Gasteiger charge is -2.08. The van der Waals surface area contributed by atoms with Gasteiger partial charge in [-0.05, 0) is 62.3 Å². The van der Waals surface area contributed by atoms with Gasteiger partial charge in [-0.25, -0.2) is 13.1 Å². The summed E-state index contributed by atoms with van der Waals surface area (Å²) in [5, 5.41) is 2.82. The van der Waals surface area contributed by atoms with E-state index in [0.717, 1.165) is 31.8 Å². The van der Waals surface area contributed by atoms with E-state index in [1.807, 2.05) is 0 Å². The highest BCUT2D eigenvalue weighted by Crippen LogP contribution is 2.28. The van der Waals surface area contributed by atoms with Gasteiger partial charge >= 0.3 is 0 Å². The molecule has 0 atom stereocenters. The molecule has 2 fully saturated rings. The highest BCUT2D eigenvalue weighted by molar-refractivity contribution is 7.89. The Hall–Kier alpha value is -1.44. The van der Waals surface area contributed by atoms with E-state index >= 15 is 0 Å². The second kappa shape index (κ2) is 7.63. The number of benzene rings is 1. The predicted octanol–water partition coefficient (Wildman–Crippen LogP) is 1.67. The molecule has 0 bridgehead atoms. The van der Waals surface area contributed by atoms with E-state index in [9.17, 15) is 13.2 Å². The fourth-order valence-corrected chi connectivity index (χ4v) is 3.59. The van der Waals surface area contributed by atoms with E-state index in [2.05, 4.69) is 10.0 Å². The third kappa shape index (κ3) is 5.29. The zero-order valence-corrected chi connectivity index (χ0v) is 14.5. The van der Waals surface area contributed by atoms with Gasteiger partial charge in [0.15, 0.2) is 0 Å². The minimum atomic E-state index is -3.47. The molecule has 2 aliphatic rings. The van der Waals surface area contributed by atoms with Gasteiger partial charge in [0.1, 0.15) is 0 Å². The van der Waals surface area contributed by atoms with Crippen LogP contribution < -0.4 is 10.0 Å². The Labute approximate surface area is 143 Å². The highest BCUT2D eigenvalue weighted by Gasteiger charge is 2.28. The summed E-state index contributed by atoms with van der Waals surface area (Å²) >= 11 is 0. The van der Waals surface area contributed by atoms with Crippen LogP contribution in [0.3, 0.4) is 0 Å². The topological polar surface area (TPSA) is 84.5 Å². The minimum absolute atomic E-state index is 0.0695. The van der Waals surface area contributed by atoms with Crippen molar-refractivity contribution >= 4 is 15.9 Å². The van der Waals surface area contributed by atoms with E-state index < -0.39 is 10.0 Å². The monoisotopic (exact) mass is 352 g/mol. The van der Waals surface area contributed by atoms with E-state index in [1.165, 1.54) is 25.0 Å². The quantitative estimate of drug-likeness (QED) is 0.628. The number of carbonyl (C=O) groups excluding carboxylic acids is 1. The molecule has 24 heavy (non-hydrogen) atoms. The van der Waals surface area contributed by atoms with Gasteiger partial charge < -0.3 is 10.1 Å². The Balaban J connectivity index is 1.41. The molecule has 0 unspecified atom stereocenters. The Morgan fingerprint density at radius 3 is 2.46 bits per heavy atom. The van der Waals surface area contributed by atoms with Crippen molar-refractivity contribution in [2.75, 3.05) is 19.8 Å². The SMILES string of the molecule is O=C(NCCCOCC1CC1)c1ccc(S(=O)(=O)NC2CC2)cc1. The van der Waals surface area contributed by atoms with Gasteiger partial charge in [-0.3, -0.25) is 4.79 Å². The van der Waals surface area contributed by atoms with Crippen molar-refractivity contribution < 1.29 is 17.9 Å². The van der Waals surface area contributed by atoms with Gasteiger partial charge in [0.2, 0.25) is 10.0 Å². The Morgan fingerprint density at radius 2 is 1.83 bits per heavy atom. The molecule has 0 aromatic heterocycles. The van der Waals surface area contributed by atoms with Crippen molar-refractivity contribution in [1.82, 2.24) is 10.0 Å². The van der Waals surface area contributed by atoms with E-state index in [4.69, 9.17) is 4.74 Å². The van der Waals surface area contributed by atoms with Crippen molar-refractivity contribution in [1.29, 1.82) is 0 Å². The molecule has 0 saturated heterocycles. The molecular weight excluding hydrogens is 328 g/mol. The van der Waals surface area contributed by atoms with Gasteiger partial charge in [0, 0.05) is 31.4 Å². The molecule has 6 nitrogen and oxygen atoms in total. The minimum Gasteiger partial charge on any atom is -0.381 e. The number of ether oxygens (including phenoxy) is 1. The predicted molar refractivity (Wildman–Crippen MR) is 90.3 cm³/mol. The maximum Gasteiger partial charge on any atom is 0.251 e. The number of carbonyl (C=O) groups is 1. The molecule has 0 radical (unpaired) electrons. The molecule has 0 heterocycles. The third-order valence-electron chi connectivity index (χ3n) is 4.13. The number of nitrogens with one attached hydrogen (secondary N) is 2. The normalized spacial score (nSPS) is 17.7. The van der Waals surface area contributed by atoms with Crippen molar-refractivity contribution in [3.8, 4) is 0 Å². The van der Waals surface area contributed by atoms with Crippen LogP contribution in [0.25, 0.3) is 0 Å². The zero-order chi connectivity index (χ0) is 17.0. The number of sulfonamides is 1. The van der Waals surface area contributed by atoms with Crippen LogP contribution in [-0.4, -0.2) is 40.1 Å². The van der Waals surface area contributed by atoms with E-state index in [-0.39, 0.29) is 16.8 Å². The van der Waals surface area contributed by atoms with Crippen LogP contribution in [0.2, 0.25) is 0 Å². The first-order valence-electron chi connectivity index (χ1n) is 8.53. The van der Waals surface area contributed by atoms with E-state index in [1.54, 1.807) is 12.1 Å². The van der Waals surface area contributed by atoms with Gasteiger partial charge in [-0.15, -0.1) is 0 Å². The zero-order valence-electron chi connectivity index (χ0n) is 13.7. The lowest BCUT2D eigenvalue weighted by molar-refractivity contribution is 0.0937. The van der Waals surface area contributed by atoms with Crippen LogP contribution in [-0.2, 0) is 14.8 Å². The Bertz CT molecular complexity index is 664. The third-order valence-corrected chi connectivity index (χ3v) is 5.66. The number of hydrogen-bond donors (Lipinski definition) is 2. The van der Waals surface area contributed by atoms with Gasteiger partial charge in [0.05, 0.1) is 4.90 Å². The van der Waals surface area contributed by atoms with Crippen LogP contribution in [0.1, 0.15) is 42.5 Å². The van der Waals surface area contributed by atoms with Gasteiger partial charge in [-0.1, -0.05) is 0 Å². The molecule has 0 aliphatic heterocycles. The maximum absolute atomic E-state index is 12.1. The molecule has 1 aromatic rings. The largest absolute Gasteiger partial charge is 0.381 e. The first-order chi connectivity index (χ1) is 11.5. The fraction of sp³-hybridized carbons (Fsp3) is 0.588. The number of rotatable bonds is 10. The molecule has 2 saturated carbocycles. The first-order valence-corrected chi connectivity index (χ1v) is 10.0. The van der Waals surface area contributed by atoms with Crippen molar-refractivity contribution in [3.63, 3.8) is 0 Å². The van der Waals surface area contributed by atoms with Crippen LogP contribution in [0, 0.1) is 5.92 Å². The number of hydrogen-bond acceptors (Lipinski definition) is 4. The van der Waals surface area contributed by atoms with Crippen LogP contribution in [0.5, 0.6) is 0 Å². The van der Waals surface area contributed by atoms with Crippen LogP contribution >= 0.6 is 0 Å². The molecule has 132 valence electrons. The van der Waals surface area contributed by atoms with E-state index in [0.29, 0.717) is 18.7 Å². The second-order valence-electron chi connectivity index (χ2n) is 6.55. The Morgan fingerprint density at radius 1 is 1.12 bits per heavy atom. The molecule has 2 aliphatic carbocycles. The number of amides is 1. The lowest BCUT2D eigenvalue weighted by atomic mass is 10.2. The summed E-state index contributed by atoms with van der Waals surface area (Å²) in [6, 6.07) is 6.09. The van der Waals surface area contributed by atoms with Crippen molar-refractivity contribution in [2.24, 2.45) is 5.92 Å².